The van der Waals surface area contributed by atoms with Gasteiger partial charge in [0.15, 0.2) is 0 Å². The fourth-order valence-corrected chi connectivity index (χ4v) is 1.99. The summed E-state index contributed by atoms with van der Waals surface area (Å²) in [6, 6.07) is 16.3. The van der Waals surface area contributed by atoms with Gasteiger partial charge in [-0.1, -0.05) is 24.3 Å². The normalized spacial score (nSPS) is 10.5. The SMILES string of the molecule is Nc1ccc(Cc2ccc(-n3cnnc3)cc2)cc1. The fourth-order valence-electron chi connectivity index (χ4n) is 1.99. The predicted molar refractivity (Wildman–Crippen MR) is 75.0 cm³/mol. The van der Waals surface area contributed by atoms with E-state index >= 15 is 0 Å². The highest BCUT2D eigenvalue weighted by Crippen LogP contribution is 2.14. The quantitative estimate of drug-likeness (QED) is 0.726. The molecule has 0 radical (unpaired) electrons. The summed E-state index contributed by atoms with van der Waals surface area (Å²) in [5, 5.41) is 7.60. The van der Waals surface area contributed by atoms with Gasteiger partial charge in [0.1, 0.15) is 12.7 Å². The largest absolute Gasteiger partial charge is 0.399 e. The average Bonchev–Trinajstić information content (AvgIpc) is 2.96. The fraction of sp³-hybridized carbons (Fsp3) is 0.0667. The monoisotopic (exact) mass is 250 g/mol. The Morgan fingerprint density at radius 1 is 0.789 bits per heavy atom. The van der Waals surface area contributed by atoms with Crippen molar-refractivity contribution in [3.8, 4) is 5.69 Å². The van der Waals surface area contributed by atoms with Gasteiger partial charge >= 0.3 is 0 Å². The molecular formula is C15H14N4. The van der Waals surface area contributed by atoms with Gasteiger partial charge in [0.2, 0.25) is 0 Å². The summed E-state index contributed by atoms with van der Waals surface area (Å²) in [5.74, 6) is 0. The van der Waals surface area contributed by atoms with Crippen LogP contribution in [-0.4, -0.2) is 14.8 Å². The van der Waals surface area contributed by atoms with Crippen LogP contribution in [0.2, 0.25) is 0 Å². The third-order valence-electron chi connectivity index (χ3n) is 3.04. The van der Waals surface area contributed by atoms with Crippen molar-refractivity contribution in [1.29, 1.82) is 0 Å². The summed E-state index contributed by atoms with van der Waals surface area (Å²) in [6.45, 7) is 0. The highest BCUT2D eigenvalue weighted by atomic mass is 15.2. The van der Waals surface area contributed by atoms with Crippen molar-refractivity contribution in [3.05, 3.63) is 72.3 Å². The molecule has 0 unspecified atom stereocenters. The lowest BCUT2D eigenvalue weighted by Gasteiger charge is -2.05. The average molecular weight is 250 g/mol. The molecular weight excluding hydrogens is 236 g/mol. The van der Waals surface area contributed by atoms with Crippen LogP contribution < -0.4 is 5.73 Å². The second-order valence-corrected chi connectivity index (χ2v) is 4.45. The summed E-state index contributed by atoms with van der Waals surface area (Å²) in [6.07, 6.45) is 4.28. The van der Waals surface area contributed by atoms with Crippen LogP contribution >= 0.6 is 0 Å². The zero-order valence-electron chi connectivity index (χ0n) is 10.4. The van der Waals surface area contributed by atoms with Crippen LogP contribution in [0.1, 0.15) is 11.1 Å². The van der Waals surface area contributed by atoms with Gasteiger partial charge in [-0.05, 0) is 41.8 Å². The van der Waals surface area contributed by atoms with E-state index in [1.54, 1.807) is 12.7 Å². The minimum atomic E-state index is 0.798. The number of anilines is 1. The predicted octanol–water partition coefficient (Wildman–Crippen LogP) is 2.44. The van der Waals surface area contributed by atoms with Crippen molar-refractivity contribution in [2.45, 2.75) is 6.42 Å². The minimum Gasteiger partial charge on any atom is -0.399 e. The lowest BCUT2D eigenvalue weighted by Crippen LogP contribution is -1.93. The van der Waals surface area contributed by atoms with Gasteiger partial charge in [-0.25, -0.2) is 0 Å². The molecule has 19 heavy (non-hydrogen) atoms. The van der Waals surface area contributed by atoms with E-state index in [4.69, 9.17) is 5.73 Å². The van der Waals surface area contributed by atoms with E-state index in [1.165, 1.54) is 11.1 Å². The molecule has 0 saturated heterocycles. The van der Waals surface area contributed by atoms with E-state index in [2.05, 4.69) is 46.6 Å². The van der Waals surface area contributed by atoms with Crippen LogP contribution in [0, 0.1) is 0 Å². The molecule has 94 valence electrons. The second kappa shape index (κ2) is 4.94. The summed E-state index contributed by atoms with van der Waals surface area (Å²) in [7, 11) is 0. The lowest BCUT2D eigenvalue weighted by molar-refractivity contribution is 1.05. The van der Waals surface area contributed by atoms with Gasteiger partial charge in [-0.3, -0.25) is 4.57 Å². The topological polar surface area (TPSA) is 56.7 Å². The number of nitrogen functional groups attached to an aromatic ring is 1. The molecule has 0 atom stereocenters. The van der Waals surface area contributed by atoms with Crippen LogP contribution in [-0.2, 0) is 6.42 Å². The number of nitrogens with zero attached hydrogens (tertiary/aromatic N) is 3. The first-order valence-electron chi connectivity index (χ1n) is 6.09. The third-order valence-corrected chi connectivity index (χ3v) is 3.04. The molecule has 1 aromatic heterocycles. The van der Waals surface area contributed by atoms with Crippen LogP contribution in [0.5, 0.6) is 0 Å². The Balaban J connectivity index is 1.77. The van der Waals surface area contributed by atoms with Gasteiger partial charge < -0.3 is 5.73 Å². The van der Waals surface area contributed by atoms with Crippen LogP contribution in [0.3, 0.4) is 0 Å². The molecule has 2 aromatic carbocycles. The summed E-state index contributed by atoms with van der Waals surface area (Å²) in [4.78, 5) is 0. The van der Waals surface area contributed by atoms with E-state index in [0.29, 0.717) is 0 Å². The number of rotatable bonds is 3. The van der Waals surface area contributed by atoms with E-state index in [1.807, 2.05) is 16.7 Å². The summed E-state index contributed by atoms with van der Waals surface area (Å²) in [5.41, 5.74) is 10.1. The van der Waals surface area contributed by atoms with E-state index < -0.39 is 0 Å². The maximum Gasteiger partial charge on any atom is 0.123 e. The van der Waals surface area contributed by atoms with Crippen molar-refractivity contribution in [2.24, 2.45) is 0 Å². The Morgan fingerprint density at radius 3 is 1.89 bits per heavy atom. The molecule has 1 heterocycles. The highest BCUT2D eigenvalue weighted by Gasteiger charge is 1.99. The van der Waals surface area contributed by atoms with Crippen molar-refractivity contribution in [3.63, 3.8) is 0 Å². The molecule has 4 heteroatoms. The Labute approximate surface area is 111 Å². The molecule has 0 saturated carbocycles. The number of aromatic nitrogens is 3. The van der Waals surface area contributed by atoms with Crippen molar-refractivity contribution in [2.75, 3.05) is 5.73 Å². The van der Waals surface area contributed by atoms with Gasteiger partial charge in [-0.2, -0.15) is 0 Å². The Hall–Kier alpha value is -2.62. The molecule has 0 amide bonds. The van der Waals surface area contributed by atoms with Crippen molar-refractivity contribution < 1.29 is 0 Å². The molecule has 2 N–H and O–H groups in total. The number of hydrogen-bond donors (Lipinski definition) is 1. The number of benzene rings is 2. The van der Waals surface area contributed by atoms with E-state index in [9.17, 15) is 0 Å². The van der Waals surface area contributed by atoms with Crippen molar-refractivity contribution in [1.82, 2.24) is 14.8 Å². The molecule has 3 aromatic rings. The molecule has 0 aliphatic carbocycles. The maximum absolute atomic E-state index is 5.68. The highest BCUT2D eigenvalue weighted by molar-refractivity contribution is 5.41. The third kappa shape index (κ3) is 2.63. The first-order valence-corrected chi connectivity index (χ1v) is 6.09. The van der Waals surface area contributed by atoms with Crippen molar-refractivity contribution >= 4 is 5.69 Å². The van der Waals surface area contributed by atoms with Gasteiger partial charge in [0.25, 0.3) is 0 Å². The smallest absolute Gasteiger partial charge is 0.123 e. The molecule has 0 fully saturated rings. The summed E-state index contributed by atoms with van der Waals surface area (Å²) < 4.78 is 1.88. The Morgan fingerprint density at radius 2 is 1.32 bits per heavy atom. The molecule has 4 nitrogen and oxygen atoms in total. The number of nitrogens with two attached hydrogens (primary N) is 1. The standard InChI is InChI=1S/C15H14N4/c16-14-5-1-12(2-6-14)9-13-3-7-15(8-4-13)19-10-17-18-11-19/h1-8,10-11H,9,16H2. The molecule has 0 aliphatic heterocycles. The van der Waals surface area contributed by atoms with E-state index in [-0.39, 0.29) is 0 Å². The second-order valence-electron chi connectivity index (χ2n) is 4.45. The van der Waals surface area contributed by atoms with Gasteiger partial charge in [0.05, 0.1) is 0 Å². The maximum atomic E-state index is 5.68. The molecule has 0 aliphatic rings. The molecule has 3 rings (SSSR count). The first-order chi connectivity index (χ1) is 9.31. The lowest BCUT2D eigenvalue weighted by atomic mass is 10.0. The van der Waals surface area contributed by atoms with E-state index in [0.717, 1.165) is 17.8 Å². The summed E-state index contributed by atoms with van der Waals surface area (Å²) >= 11 is 0. The zero-order chi connectivity index (χ0) is 13.1. The molecule has 0 spiro atoms. The van der Waals surface area contributed by atoms with Gasteiger partial charge in [-0.15, -0.1) is 10.2 Å². The van der Waals surface area contributed by atoms with Crippen LogP contribution in [0.4, 0.5) is 5.69 Å². The first kappa shape index (κ1) is 11.5. The zero-order valence-corrected chi connectivity index (χ0v) is 10.4. The van der Waals surface area contributed by atoms with Crippen LogP contribution in [0.25, 0.3) is 5.69 Å². The minimum absolute atomic E-state index is 0.798. The number of hydrogen-bond acceptors (Lipinski definition) is 3. The Bertz CT molecular complexity index is 640. The molecule has 0 bridgehead atoms. The Kier molecular flexibility index (Phi) is 2.98. The van der Waals surface area contributed by atoms with Gasteiger partial charge in [0, 0.05) is 11.4 Å². The van der Waals surface area contributed by atoms with Crippen LogP contribution in [0.15, 0.2) is 61.2 Å².